The molecule has 0 saturated carbocycles. The molecule has 0 aliphatic carbocycles. The number of carbonyl (C=O) groups excluding carboxylic acids is 1. The molecule has 0 aromatic heterocycles. The smallest absolute Gasteiger partial charge is 0.261 e. The number of hydrogen-bond donors (Lipinski definition) is 3. The summed E-state index contributed by atoms with van der Waals surface area (Å²) in [6, 6.07) is 20.4. The lowest BCUT2D eigenvalue weighted by Gasteiger charge is -2.12. The summed E-state index contributed by atoms with van der Waals surface area (Å²) in [5.41, 5.74) is 2.93. The Morgan fingerprint density at radius 2 is 1.58 bits per heavy atom. The Bertz CT molecular complexity index is 1230. The van der Waals surface area contributed by atoms with Crippen molar-refractivity contribution in [2.75, 3.05) is 16.6 Å². The second kappa shape index (κ2) is 10.9. The topological polar surface area (TPSA) is 96.5 Å². The van der Waals surface area contributed by atoms with E-state index in [1.807, 2.05) is 38.1 Å². The fraction of sp³-hybridized carbons (Fsp3) is 0.167. The molecule has 0 aliphatic heterocycles. The summed E-state index contributed by atoms with van der Waals surface area (Å²) in [5.74, 6) is 0.429. The second-order valence-electron chi connectivity index (χ2n) is 7.19. The normalized spacial score (nSPS) is 10.8. The first-order chi connectivity index (χ1) is 15.8. The Hall–Kier alpha value is -3.43. The van der Waals surface area contributed by atoms with Crippen LogP contribution in [0.1, 0.15) is 18.1 Å². The van der Waals surface area contributed by atoms with Crippen LogP contribution in [-0.2, 0) is 21.2 Å². The van der Waals surface area contributed by atoms with Crippen molar-refractivity contribution in [2.45, 2.75) is 25.2 Å². The van der Waals surface area contributed by atoms with Gasteiger partial charge < -0.3 is 15.4 Å². The van der Waals surface area contributed by atoms with Crippen LogP contribution in [0.5, 0.6) is 5.75 Å². The standard InChI is InChI=1S/C24H25N3O4S2/c1-3-31-21-12-8-20(9-13-21)27-33(29,30)22-14-10-19(11-15-22)25-24(32)26-23(28)16-18-7-5-4-6-17(18)2/h4-15,27H,3,16H2,1-2H3,(H2,25,26,28,32). The molecule has 1 amide bonds. The van der Waals surface area contributed by atoms with Gasteiger partial charge in [0.25, 0.3) is 10.0 Å². The molecular weight excluding hydrogens is 458 g/mol. The summed E-state index contributed by atoms with van der Waals surface area (Å²) in [6.45, 7) is 4.35. The zero-order chi connectivity index (χ0) is 23.8. The maximum absolute atomic E-state index is 12.6. The van der Waals surface area contributed by atoms with E-state index in [1.54, 1.807) is 36.4 Å². The highest BCUT2D eigenvalue weighted by molar-refractivity contribution is 7.92. The highest BCUT2D eigenvalue weighted by Gasteiger charge is 2.15. The third-order valence-electron chi connectivity index (χ3n) is 4.71. The number of rotatable bonds is 8. The molecule has 3 rings (SSSR count). The SMILES string of the molecule is CCOc1ccc(NS(=O)(=O)c2ccc(NC(=S)NC(=O)Cc3ccccc3C)cc2)cc1. The van der Waals surface area contributed by atoms with Gasteiger partial charge in [-0.15, -0.1) is 0 Å². The van der Waals surface area contributed by atoms with E-state index in [2.05, 4.69) is 15.4 Å². The Morgan fingerprint density at radius 1 is 0.939 bits per heavy atom. The van der Waals surface area contributed by atoms with Gasteiger partial charge in [-0.25, -0.2) is 8.42 Å². The van der Waals surface area contributed by atoms with Crippen molar-refractivity contribution in [3.8, 4) is 5.75 Å². The van der Waals surface area contributed by atoms with Crippen LogP contribution in [-0.4, -0.2) is 26.0 Å². The highest BCUT2D eigenvalue weighted by atomic mass is 32.2. The van der Waals surface area contributed by atoms with E-state index in [-0.39, 0.29) is 22.3 Å². The van der Waals surface area contributed by atoms with E-state index in [0.29, 0.717) is 23.7 Å². The number of thiocarbonyl (C=S) groups is 1. The number of ether oxygens (including phenoxy) is 1. The van der Waals surface area contributed by atoms with Gasteiger partial charge in [0.2, 0.25) is 5.91 Å². The minimum atomic E-state index is -3.76. The van der Waals surface area contributed by atoms with E-state index < -0.39 is 10.0 Å². The van der Waals surface area contributed by atoms with Crippen molar-refractivity contribution in [3.05, 3.63) is 83.9 Å². The number of nitrogens with one attached hydrogen (secondary N) is 3. The van der Waals surface area contributed by atoms with Crippen molar-refractivity contribution in [1.29, 1.82) is 0 Å². The van der Waals surface area contributed by atoms with Crippen LogP contribution in [0.15, 0.2) is 77.7 Å². The predicted molar refractivity (Wildman–Crippen MR) is 134 cm³/mol. The van der Waals surface area contributed by atoms with Gasteiger partial charge in [-0.05, 0) is 85.7 Å². The number of hydrogen-bond acceptors (Lipinski definition) is 5. The number of anilines is 2. The molecule has 0 radical (unpaired) electrons. The summed E-state index contributed by atoms with van der Waals surface area (Å²) in [4.78, 5) is 12.3. The molecule has 3 aromatic rings. The van der Waals surface area contributed by atoms with Crippen molar-refractivity contribution in [1.82, 2.24) is 5.32 Å². The Morgan fingerprint density at radius 3 is 2.21 bits per heavy atom. The first kappa shape index (κ1) is 24.2. The summed E-state index contributed by atoms with van der Waals surface area (Å²) in [5, 5.41) is 5.66. The summed E-state index contributed by atoms with van der Waals surface area (Å²) in [6.07, 6.45) is 0.211. The lowest BCUT2D eigenvalue weighted by molar-refractivity contribution is -0.119. The number of amides is 1. The maximum Gasteiger partial charge on any atom is 0.261 e. The van der Waals surface area contributed by atoms with Gasteiger partial charge in [0.15, 0.2) is 5.11 Å². The zero-order valence-corrected chi connectivity index (χ0v) is 19.9. The van der Waals surface area contributed by atoms with Gasteiger partial charge in [0.05, 0.1) is 17.9 Å². The average molecular weight is 484 g/mol. The molecule has 9 heteroatoms. The Kier molecular flexibility index (Phi) is 8.02. The average Bonchev–Trinajstić information content (AvgIpc) is 2.77. The molecule has 0 fully saturated rings. The van der Waals surface area contributed by atoms with Gasteiger partial charge in [-0.2, -0.15) is 0 Å². The van der Waals surface area contributed by atoms with Crippen LogP contribution < -0.4 is 20.1 Å². The second-order valence-corrected chi connectivity index (χ2v) is 9.28. The van der Waals surface area contributed by atoms with Crippen molar-refractivity contribution in [3.63, 3.8) is 0 Å². The van der Waals surface area contributed by atoms with Crippen LogP contribution in [0, 0.1) is 6.92 Å². The predicted octanol–water partition coefficient (Wildman–Crippen LogP) is 4.25. The Labute approximate surface area is 199 Å². The van der Waals surface area contributed by atoms with Crippen LogP contribution in [0.3, 0.4) is 0 Å². The fourth-order valence-electron chi connectivity index (χ4n) is 3.03. The molecule has 33 heavy (non-hydrogen) atoms. The third kappa shape index (κ3) is 7.03. The van der Waals surface area contributed by atoms with Crippen LogP contribution in [0.2, 0.25) is 0 Å². The molecule has 0 saturated heterocycles. The number of carbonyl (C=O) groups is 1. The number of aryl methyl sites for hydroxylation is 1. The van der Waals surface area contributed by atoms with Gasteiger partial charge in [-0.1, -0.05) is 24.3 Å². The summed E-state index contributed by atoms with van der Waals surface area (Å²) in [7, 11) is -3.76. The number of sulfonamides is 1. The Balaban J connectivity index is 1.57. The van der Waals surface area contributed by atoms with Gasteiger partial charge in [0, 0.05) is 11.4 Å². The number of benzene rings is 3. The van der Waals surface area contributed by atoms with Crippen LogP contribution in [0.4, 0.5) is 11.4 Å². The van der Waals surface area contributed by atoms with E-state index in [4.69, 9.17) is 17.0 Å². The monoisotopic (exact) mass is 483 g/mol. The van der Waals surface area contributed by atoms with E-state index in [9.17, 15) is 13.2 Å². The molecule has 3 N–H and O–H groups in total. The van der Waals surface area contributed by atoms with E-state index >= 15 is 0 Å². The lowest BCUT2D eigenvalue weighted by Crippen LogP contribution is -2.35. The van der Waals surface area contributed by atoms with Gasteiger partial charge in [-0.3, -0.25) is 9.52 Å². The molecule has 0 unspecified atom stereocenters. The summed E-state index contributed by atoms with van der Waals surface area (Å²) >= 11 is 5.20. The molecule has 7 nitrogen and oxygen atoms in total. The maximum atomic E-state index is 12.6. The van der Waals surface area contributed by atoms with E-state index in [1.165, 1.54) is 12.1 Å². The molecule has 0 atom stereocenters. The van der Waals surface area contributed by atoms with Crippen molar-refractivity contribution in [2.24, 2.45) is 0 Å². The fourth-order valence-corrected chi connectivity index (χ4v) is 4.32. The molecule has 0 spiro atoms. The van der Waals surface area contributed by atoms with Crippen molar-refractivity contribution < 1.29 is 17.9 Å². The quantitative estimate of drug-likeness (QED) is 0.415. The first-order valence-electron chi connectivity index (χ1n) is 10.3. The molecule has 0 bridgehead atoms. The molecule has 172 valence electrons. The molecule has 0 aliphatic rings. The third-order valence-corrected chi connectivity index (χ3v) is 6.31. The first-order valence-corrected chi connectivity index (χ1v) is 12.2. The largest absolute Gasteiger partial charge is 0.494 e. The van der Waals surface area contributed by atoms with Gasteiger partial charge >= 0.3 is 0 Å². The van der Waals surface area contributed by atoms with E-state index in [0.717, 1.165) is 11.1 Å². The minimum absolute atomic E-state index is 0.0939. The van der Waals surface area contributed by atoms with Crippen LogP contribution >= 0.6 is 12.2 Å². The minimum Gasteiger partial charge on any atom is -0.494 e. The lowest BCUT2D eigenvalue weighted by atomic mass is 10.1. The zero-order valence-electron chi connectivity index (χ0n) is 18.3. The highest BCUT2D eigenvalue weighted by Crippen LogP contribution is 2.21. The summed E-state index contributed by atoms with van der Waals surface area (Å²) < 4.78 is 33.2. The molecule has 3 aromatic carbocycles. The molecular formula is C24H25N3O4S2. The van der Waals surface area contributed by atoms with Crippen molar-refractivity contribution >= 4 is 44.6 Å². The molecule has 0 heterocycles. The van der Waals surface area contributed by atoms with Crippen LogP contribution in [0.25, 0.3) is 0 Å². The van der Waals surface area contributed by atoms with Gasteiger partial charge in [0.1, 0.15) is 5.75 Å².